The third-order valence-corrected chi connectivity index (χ3v) is 5.71. The molecule has 1 aliphatic rings. The minimum atomic E-state index is -0.151. The second-order valence-electron chi connectivity index (χ2n) is 8.12. The number of carbonyl (C=O) groups is 1. The number of amides is 1. The Labute approximate surface area is 192 Å². The van der Waals surface area contributed by atoms with Gasteiger partial charge in [-0.15, -0.1) is 0 Å². The van der Waals surface area contributed by atoms with Gasteiger partial charge in [-0.25, -0.2) is 0 Å². The minimum Gasteiger partial charge on any atom is -0.399 e. The maximum absolute atomic E-state index is 13.0. The fraction of sp³-hybridized carbons (Fsp3) is 0.0357. The van der Waals surface area contributed by atoms with Gasteiger partial charge in [0.2, 0.25) is 0 Å². The van der Waals surface area contributed by atoms with Gasteiger partial charge in [-0.3, -0.25) is 4.79 Å². The number of benzene rings is 4. The quantitative estimate of drug-likeness (QED) is 0.252. The minimum absolute atomic E-state index is 0.151. The molecule has 5 heteroatoms. The van der Waals surface area contributed by atoms with Crippen LogP contribution in [0.5, 0.6) is 0 Å². The molecule has 4 aromatic carbocycles. The monoisotopic (exact) mass is 432 g/mol. The SMILES string of the molecule is Nc1ccc(Cc2ccc(NC(=C3C(=O)Nc4ccc(N)cc43)c3ccccc3)cc2)cc1. The molecule has 4 aromatic rings. The van der Waals surface area contributed by atoms with Crippen molar-refractivity contribution in [3.63, 3.8) is 0 Å². The van der Waals surface area contributed by atoms with Gasteiger partial charge in [0.15, 0.2) is 0 Å². The highest BCUT2D eigenvalue weighted by atomic mass is 16.2. The first kappa shape index (κ1) is 20.4. The summed E-state index contributed by atoms with van der Waals surface area (Å²) in [5, 5.41) is 6.44. The van der Waals surface area contributed by atoms with Crippen molar-refractivity contribution in [2.45, 2.75) is 6.42 Å². The van der Waals surface area contributed by atoms with Crippen molar-refractivity contribution in [3.8, 4) is 0 Å². The van der Waals surface area contributed by atoms with E-state index in [1.165, 1.54) is 11.1 Å². The zero-order valence-electron chi connectivity index (χ0n) is 18.0. The molecule has 5 nitrogen and oxygen atoms in total. The summed E-state index contributed by atoms with van der Waals surface area (Å²) in [6.45, 7) is 0. The van der Waals surface area contributed by atoms with E-state index in [0.29, 0.717) is 11.3 Å². The van der Waals surface area contributed by atoms with E-state index in [1.54, 1.807) is 6.07 Å². The predicted molar refractivity (Wildman–Crippen MR) is 136 cm³/mol. The molecule has 0 spiro atoms. The Morgan fingerprint density at radius 1 is 0.758 bits per heavy atom. The number of rotatable bonds is 5. The van der Waals surface area contributed by atoms with Crippen molar-refractivity contribution >= 4 is 39.9 Å². The Morgan fingerprint density at radius 2 is 1.39 bits per heavy atom. The molecule has 0 radical (unpaired) electrons. The Morgan fingerprint density at radius 3 is 2.09 bits per heavy atom. The molecule has 0 aliphatic carbocycles. The molecule has 0 aromatic heterocycles. The number of fused-ring (bicyclic) bond motifs is 1. The van der Waals surface area contributed by atoms with Crippen LogP contribution in [0, 0.1) is 0 Å². The fourth-order valence-electron chi connectivity index (χ4n) is 4.04. The first-order valence-electron chi connectivity index (χ1n) is 10.8. The summed E-state index contributed by atoms with van der Waals surface area (Å²) in [7, 11) is 0. The smallest absolute Gasteiger partial charge is 0.258 e. The van der Waals surface area contributed by atoms with E-state index in [1.807, 2.05) is 78.9 Å². The van der Waals surface area contributed by atoms with Crippen molar-refractivity contribution in [3.05, 3.63) is 119 Å². The van der Waals surface area contributed by atoms with Crippen molar-refractivity contribution in [2.75, 3.05) is 22.1 Å². The summed E-state index contributed by atoms with van der Waals surface area (Å²) in [6.07, 6.45) is 0.822. The zero-order chi connectivity index (χ0) is 22.8. The largest absolute Gasteiger partial charge is 0.399 e. The number of nitrogens with two attached hydrogens (primary N) is 2. The van der Waals surface area contributed by atoms with E-state index < -0.39 is 0 Å². The number of nitrogen functional groups attached to an aromatic ring is 2. The second-order valence-corrected chi connectivity index (χ2v) is 8.12. The van der Waals surface area contributed by atoms with Gasteiger partial charge in [0, 0.05) is 28.3 Å². The average Bonchev–Trinajstić information content (AvgIpc) is 3.15. The van der Waals surface area contributed by atoms with Gasteiger partial charge in [0.05, 0.1) is 11.3 Å². The number of carbonyl (C=O) groups excluding carboxylic acids is 1. The number of nitrogens with one attached hydrogen (secondary N) is 2. The Bertz CT molecular complexity index is 1340. The molecule has 0 saturated heterocycles. The van der Waals surface area contributed by atoms with Gasteiger partial charge >= 0.3 is 0 Å². The van der Waals surface area contributed by atoms with Crippen LogP contribution >= 0.6 is 0 Å². The zero-order valence-corrected chi connectivity index (χ0v) is 18.0. The van der Waals surface area contributed by atoms with Crippen molar-refractivity contribution in [1.82, 2.24) is 0 Å². The first-order chi connectivity index (χ1) is 16.1. The maximum atomic E-state index is 13.0. The second kappa shape index (κ2) is 8.55. The third kappa shape index (κ3) is 4.29. The van der Waals surface area contributed by atoms with Gasteiger partial charge < -0.3 is 22.1 Å². The number of hydrogen-bond acceptors (Lipinski definition) is 4. The summed E-state index contributed by atoms with van der Waals surface area (Å²) < 4.78 is 0. The molecule has 33 heavy (non-hydrogen) atoms. The molecule has 0 fully saturated rings. The molecule has 0 saturated carbocycles. The molecular formula is C28H24N4O. The van der Waals surface area contributed by atoms with E-state index in [4.69, 9.17) is 11.5 Å². The molecular weight excluding hydrogens is 408 g/mol. The van der Waals surface area contributed by atoms with Crippen LogP contribution in [0.25, 0.3) is 11.3 Å². The highest BCUT2D eigenvalue weighted by molar-refractivity contribution is 6.37. The molecule has 0 atom stereocenters. The summed E-state index contributed by atoms with van der Waals surface area (Å²) in [4.78, 5) is 13.0. The number of anilines is 4. The van der Waals surface area contributed by atoms with E-state index in [-0.39, 0.29) is 5.91 Å². The van der Waals surface area contributed by atoms with Gasteiger partial charge in [0.25, 0.3) is 5.91 Å². The summed E-state index contributed by atoms with van der Waals surface area (Å²) in [6, 6.07) is 31.5. The van der Waals surface area contributed by atoms with Gasteiger partial charge in [-0.1, -0.05) is 54.6 Å². The maximum Gasteiger partial charge on any atom is 0.258 e. The van der Waals surface area contributed by atoms with Crippen molar-refractivity contribution in [1.29, 1.82) is 0 Å². The third-order valence-electron chi connectivity index (χ3n) is 5.71. The molecule has 0 bridgehead atoms. The van der Waals surface area contributed by atoms with Gasteiger partial charge in [0.1, 0.15) is 0 Å². The van der Waals surface area contributed by atoms with Crippen LogP contribution in [0.4, 0.5) is 22.7 Å². The summed E-state index contributed by atoms with van der Waals surface area (Å²) in [5.74, 6) is -0.151. The Kier molecular flexibility index (Phi) is 5.29. The summed E-state index contributed by atoms with van der Waals surface area (Å²) in [5.41, 5.74) is 20.3. The van der Waals surface area contributed by atoms with E-state index in [0.717, 1.165) is 40.3 Å². The normalized spacial score (nSPS) is 13.9. The van der Waals surface area contributed by atoms with Crippen LogP contribution in [0.3, 0.4) is 0 Å². The van der Waals surface area contributed by atoms with Gasteiger partial charge in [-0.2, -0.15) is 0 Å². The Balaban J connectivity index is 1.50. The van der Waals surface area contributed by atoms with Crippen molar-refractivity contribution in [2.24, 2.45) is 0 Å². The Hall–Kier alpha value is -4.51. The highest BCUT2D eigenvalue weighted by Crippen LogP contribution is 2.38. The predicted octanol–water partition coefficient (Wildman–Crippen LogP) is 5.37. The molecule has 5 rings (SSSR count). The highest BCUT2D eigenvalue weighted by Gasteiger charge is 2.28. The van der Waals surface area contributed by atoms with E-state index >= 15 is 0 Å². The van der Waals surface area contributed by atoms with E-state index in [9.17, 15) is 4.79 Å². The molecule has 162 valence electrons. The van der Waals surface area contributed by atoms with Crippen LogP contribution in [0.15, 0.2) is 97.1 Å². The molecule has 1 amide bonds. The van der Waals surface area contributed by atoms with E-state index in [2.05, 4.69) is 22.8 Å². The van der Waals surface area contributed by atoms with Crippen LogP contribution in [0.1, 0.15) is 22.3 Å². The topological polar surface area (TPSA) is 93.2 Å². The van der Waals surface area contributed by atoms with Crippen LogP contribution in [-0.4, -0.2) is 5.91 Å². The lowest BCUT2D eigenvalue weighted by Gasteiger charge is -2.15. The van der Waals surface area contributed by atoms with Crippen LogP contribution in [0.2, 0.25) is 0 Å². The van der Waals surface area contributed by atoms with Gasteiger partial charge in [-0.05, 0) is 65.6 Å². The molecule has 1 aliphatic heterocycles. The number of hydrogen-bond donors (Lipinski definition) is 4. The molecule has 1 heterocycles. The molecule has 0 unspecified atom stereocenters. The average molecular weight is 433 g/mol. The lowest BCUT2D eigenvalue weighted by molar-refractivity contribution is -0.110. The van der Waals surface area contributed by atoms with Crippen LogP contribution in [-0.2, 0) is 11.2 Å². The fourth-order valence-corrected chi connectivity index (χ4v) is 4.04. The van der Waals surface area contributed by atoms with Crippen LogP contribution < -0.4 is 22.1 Å². The van der Waals surface area contributed by atoms with Crippen molar-refractivity contribution < 1.29 is 4.79 Å². The summed E-state index contributed by atoms with van der Waals surface area (Å²) >= 11 is 0. The molecule has 6 N–H and O–H groups in total. The lowest BCUT2D eigenvalue weighted by atomic mass is 9.99. The standard InChI is InChI=1S/C28H24N4O/c29-21-10-6-18(7-11-21)16-19-8-13-23(14-9-19)31-27(20-4-2-1-3-5-20)26-24-17-22(30)12-15-25(24)32-28(26)33/h1-15,17,31H,16,29-30H2,(H,32,33). The lowest BCUT2D eigenvalue weighted by Crippen LogP contribution is -2.10. The first-order valence-corrected chi connectivity index (χ1v) is 10.8.